The third-order valence-electron chi connectivity index (χ3n) is 2.92. The van der Waals surface area contributed by atoms with Crippen LogP contribution in [-0.2, 0) is 11.2 Å². The molecule has 3 nitrogen and oxygen atoms in total. The highest BCUT2D eigenvalue weighted by Crippen LogP contribution is 2.21. The second-order valence-corrected chi connectivity index (χ2v) is 4.43. The normalized spacial score (nSPS) is 12.4. The zero-order chi connectivity index (χ0) is 13.4. The van der Waals surface area contributed by atoms with Crippen molar-refractivity contribution in [1.82, 2.24) is 5.32 Å². The lowest BCUT2D eigenvalue weighted by Gasteiger charge is -2.19. The minimum Gasteiger partial charge on any atom is -0.496 e. The predicted molar refractivity (Wildman–Crippen MR) is 75.4 cm³/mol. The quantitative estimate of drug-likeness (QED) is 0.770. The fourth-order valence-electron chi connectivity index (χ4n) is 2.07. The van der Waals surface area contributed by atoms with Gasteiger partial charge < -0.3 is 14.8 Å². The van der Waals surface area contributed by atoms with E-state index in [0.29, 0.717) is 6.04 Å². The summed E-state index contributed by atoms with van der Waals surface area (Å²) in [7, 11) is 1.72. The first-order valence-electron chi connectivity index (χ1n) is 6.65. The molecule has 0 saturated carbocycles. The first-order chi connectivity index (χ1) is 8.71. The molecule has 1 aromatic carbocycles. The Morgan fingerprint density at radius 3 is 2.67 bits per heavy atom. The van der Waals surface area contributed by atoms with E-state index in [9.17, 15) is 0 Å². The maximum atomic E-state index is 5.52. The minimum atomic E-state index is 0.339. The van der Waals surface area contributed by atoms with Crippen LogP contribution in [0.25, 0.3) is 0 Å². The lowest BCUT2D eigenvalue weighted by atomic mass is 10.0. The first kappa shape index (κ1) is 15.0. The van der Waals surface area contributed by atoms with Crippen LogP contribution in [0.15, 0.2) is 18.2 Å². The van der Waals surface area contributed by atoms with Gasteiger partial charge in [-0.25, -0.2) is 0 Å². The number of hydrogen-bond acceptors (Lipinski definition) is 3. The summed E-state index contributed by atoms with van der Waals surface area (Å²) in [5.74, 6) is 0.958. The van der Waals surface area contributed by atoms with Crippen LogP contribution in [0.1, 0.15) is 25.0 Å². The summed E-state index contributed by atoms with van der Waals surface area (Å²) in [5, 5.41) is 3.46. The Kier molecular flexibility index (Phi) is 6.76. The Morgan fingerprint density at radius 2 is 2.06 bits per heavy atom. The largest absolute Gasteiger partial charge is 0.496 e. The Hall–Kier alpha value is -1.06. The van der Waals surface area contributed by atoms with Crippen molar-refractivity contribution in [2.75, 3.05) is 26.9 Å². The molecule has 0 aliphatic carbocycles. The molecule has 1 unspecified atom stereocenters. The number of rotatable bonds is 8. The fraction of sp³-hybridized carbons (Fsp3) is 0.600. The van der Waals surface area contributed by atoms with E-state index in [0.717, 1.165) is 31.9 Å². The zero-order valence-electron chi connectivity index (χ0n) is 12.0. The van der Waals surface area contributed by atoms with Crippen molar-refractivity contribution in [2.24, 2.45) is 0 Å². The van der Waals surface area contributed by atoms with Crippen LogP contribution in [0.4, 0.5) is 0 Å². The van der Waals surface area contributed by atoms with E-state index in [1.54, 1.807) is 7.11 Å². The molecule has 0 radical (unpaired) electrons. The van der Waals surface area contributed by atoms with E-state index in [1.807, 2.05) is 13.0 Å². The molecule has 1 aromatic rings. The molecular formula is C15H25NO2. The summed E-state index contributed by atoms with van der Waals surface area (Å²) in [4.78, 5) is 0. The smallest absolute Gasteiger partial charge is 0.122 e. The maximum absolute atomic E-state index is 5.52. The highest BCUT2D eigenvalue weighted by Gasteiger charge is 2.12. The van der Waals surface area contributed by atoms with E-state index in [2.05, 4.69) is 31.3 Å². The molecule has 0 amide bonds. The molecule has 0 aliphatic rings. The number of hydrogen-bond donors (Lipinski definition) is 1. The van der Waals surface area contributed by atoms with Gasteiger partial charge in [0.2, 0.25) is 0 Å². The Balaban J connectivity index is 2.74. The summed E-state index contributed by atoms with van der Waals surface area (Å²) in [6.07, 6.45) is 0.929. The van der Waals surface area contributed by atoms with Gasteiger partial charge in [-0.2, -0.15) is 0 Å². The maximum Gasteiger partial charge on any atom is 0.122 e. The van der Waals surface area contributed by atoms with Crippen LogP contribution in [0.2, 0.25) is 0 Å². The molecule has 1 N–H and O–H groups in total. The molecule has 0 fully saturated rings. The van der Waals surface area contributed by atoms with Crippen LogP contribution >= 0.6 is 0 Å². The van der Waals surface area contributed by atoms with E-state index in [4.69, 9.17) is 9.47 Å². The van der Waals surface area contributed by atoms with Gasteiger partial charge in [-0.1, -0.05) is 24.6 Å². The Labute approximate surface area is 110 Å². The van der Waals surface area contributed by atoms with Gasteiger partial charge in [-0.05, 0) is 38.4 Å². The topological polar surface area (TPSA) is 30.5 Å². The molecule has 0 aliphatic heterocycles. The molecule has 102 valence electrons. The minimum absolute atomic E-state index is 0.339. The van der Waals surface area contributed by atoms with Gasteiger partial charge in [0.05, 0.1) is 13.7 Å². The van der Waals surface area contributed by atoms with Crippen molar-refractivity contribution in [3.8, 4) is 5.75 Å². The second kappa shape index (κ2) is 8.11. The third-order valence-corrected chi connectivity index (χ3v) is 2.92. The van der Waals surface area contributed by atoms with Crippen molar-refractivity contribution in [3.63, 3.8) is 0 Å². The van der Waals surface area contributed by atoms with Gasteiger partial charge in [-0.15, -0.1) is 0 Å². The average Bonchev–Trinajstić information content (AvgIpc) is 2.36. The number of nitrogens with one attached hydrogen (secondary N) is 1. The van der Waals surface area contributed by atoms with Crippen LogP contribution < -0.4 is 10.1 Å². The predicted octanol–water partition coefficient (Wildman–Crippen LogP) is 2.56. The lowest BCUT2D eigenvalue weighted by Crippen LogP contribution is -2.35. The zero-order valence-corrected chi connectivity index (χ0v) is 12.0. The SMILES string of the molecule is CCNC(COCC)Cc1cc(C)ccc1OC. The van der Waals surface area contributed by atoms with Crippen LogP contribution in [0, 0.1) is 6.92 Å². The number of benzene rings is 1. The van der Waals surface area contributed by atoms with Crippen molar-refractivity contribution in [2.45, 2.75) is 33.2 Å². The first-order valence-corrected chi connectivity index (χ1v) is 6.65. The average molecular weight is 251 g/mol. The van der Waals surface area contributed by atoms with Gasteiger partial charge in [-0.3, -0.25) is 0 Å². The number of aryl methyl sites for hydroxylation is 1. The standard InChI is InChI=1S/C15H25NO2/c1-5-16-14(11-18-6-2)10-13-9-12(3)7-8-15(13)17-4/h7-9,14,16H,5-6,10-11H2,1-4H3. The third kappa shape index (κ3) is 4.67. The van der Waals surface area contributed by atoms with E-state index < -0.39 is 0 Å². The summed E-state index contributed by atoms with van der Waals surface area (Å²) in [6, 6.07) is 6.64. The van der Waals surface area contributed by atoms with Gasteiger partial charge in [0, 0.05) is 12.6 Å². The molecule has 0 heterocycles. The van der Waals surface area contributed by atoms with E-state index in [1.165, 1.54) is 11.1 Å². The van der Waals surface area contributed by atoms with Crippen LogP contribution in [-0.4, -0.2) is 32.9 Å². The molecule has 0 saturated heterocycles. The Bertz CT molecular complexity index is 352. The highest BCUT2D eigenvalue weighted by molar-refractivity contribution is 5.37. The molecule has 18 heavy (non-hydrogen) atoms. The van der Waals surface area contributed by atoms with Crippen molar-refractivity contribution in [3.05, 3.63) is 29.3 Å². The fourth-order valence-corrected chi connectivity index (χ4v) is 2.07. The van der Waals surface area contributed by atoms with E-state index >= 15 is 0 Å². The van der Waals surface area contributed by atoms with Gasteiger partial charge in [0.1, 0.15) is 5.75 Å². The second-order valence-electron chi connectivity index (χ2n) is 4.43. The van der Waals surface area contributed by atoms with Gasteiger partial charge in [0.25, 0.3) is 0 Å². The molecule has 0 aromatic heterocycles. The van der Waals surface area contributed by atoms with Crippen molar-refractivity contribution >= 4 is 0 Å². The molecule has 1 atom stereocenters. The van der Waals surface area contributed by atoms with Crippen molar-refractivity contribution in [1.29, 1.82) is 0 Å². The summed E-state index contributed by atoms with van der Waals surface area (Å²) in [6.45, 7) is 8.69. The number of methoxy groups -OCH3 is 1. The molecule has 3 heteroatoms. The lowest BCUT2D eigenvalue weighted by molar-refractivity contribution is 0.123. The molecule has 1 rings (SSSR count). The molecule has 0 spiro atoms. The van der Waals surface area contributed by atoms with Crippen LogP contribution in [0.5, 0.6) is 5.75 Å². The highest BCUT2D eigenvalue weighted by atomic mass is 16.5. The summed E-state index contributed by atoms with van der Waals surface area (Å²) < 4.78 is 10.9. The molecule has 0 bridgehead atoms. The Morgan fingerprint density at radius 1 is 1.28 bits per heavy atom. The summed E-state index contributed by atoms with van der Waals surface area (Å²) in [5.41, 5.74) is 2.50. The van der Waals surface area contributed by atoms with Gasteiger partial charge in [0.15, 0.2) is 0 Å². The monoisotopic (exact) mass is 251 g/mol. The van der Waals surface area contributed by atoms with E-state index in [-0.39, 0.29) is 0 Å². The van der Waals surface area contributed by atoms with Gasteiger partial charge >= 0.3 is 0 Å². The summed E-state index contributed by atoms with van der Waals surface area (Å²) >= 11 is 0. The van der Waals surface area contributed by atoms with Crippen molar-refractivity contribution < 1.29 is 9.47 Å². The number of likely N-dealkylation sites (N-methyl/N-ethyl adjacent to an activating group) is 1. The molecular weight excluding hydrogens is 226 g/mol. The number of ether oxygens (including phenoxy) is 2. The van der Waals surface area contributed by atoms with Crippen LogP contribution in [0.3, 0.4) is 0 Å².